The van der Waals surface area contributed by atoms with Crippen LogP contribution in [-0.2, 0) is 23.0 Å². The zero-order chi connectivity index (χ0) is 22.0. The number of nitrogens with zero attached hydrogens (tertiary/aromatic N) is 2. The SMILES string of the molecule is COc1cc2c(cc1OC)CN(CC1CCN(S(=O)(=O)c3ccccc3Cl)CC1)CC2. The first kappa shape index (κ1) is 22.4. The van der Waals surface area contributed by atoms with Gasteiger partial charge in [-0.2, -0.15) is 4.31 Å². The monoisotopic (exact) mass is 464 g/mol. The van der Waals surface area contributed by atoms with Crippen molar-refractivity contribution >= 4 is 21.6 Å². The van der Waals surface area contributed by atoms with E-state index < -0.39 is 10.0 Å². The highest BCUT2D eigenvalue weighted by atomic mass is 35.5. The Bertz CT molecular complexity index is 1040. The second-order valence-corrected chi connectivity index (χ2v) is 10.6. The van der Waals surface area contributed by atoms with E-state index in [1.165, 1.54) is 11.1 Å². The summed E-state index contributed by atoms with van der Waals surface area (Å²) >= 11 is 6.14. The van der Waals surface area contributed by atoms with Gasteiger partial charge in [-0.3, -0.25) is 4.90 Å². The van der Waals surface area contributed by atoms with Crippen LogP contribution >= 0.6 is 11.6 Å². The van der Waals surface area contributed by atoms with Gasteiger partial charge in [-0.05, 0) is 60.6 Å². The summed E-state index contributed by atoms with van der Waals surface area (Å²) < 4.78 is 38.4. The number of hydrogen-bond donors (Lipinski definition) is 0. The summed E-state index contributed by atoms with van der Waals surface area (Å²) in [5, 5.41) is 0.281. The van der Waals surface area contributed by atoms with Gasteiger partial charge >= 0.3 is 0 Å². The third-order valence-electron chi connectivity index (χ3n) is 6.34. The molecule has 2 aromatic carbocycles. The molecule has 0 N–H and O–H groups in total. The van der Waals surface area contributed by atoms with E-state index in [0.29, 0.717) is 19.0 Å². The zero-order valence-corrected chi connectivity index (χ0v) is 19.6. The summed E-state index contributed by atoms with van der Waals surface area (Å²) in [7, 11) is -0.215. The number of benzene rings is 2. The van der Waals surface area contributed by atoms with E-state index in [1.54, 1.807) is 42.8 Å². The molecular weight excluding hydrogens is 436 g/mol. The van der Waals surface area contributed by atoms with Gasteiger partial charge in [0.25, 0.3) is 0 Å². The van der Waals surface area contributed by atoms with E-state index in [0.717, 1.165) is 50.4 Å². The highest BCUT2D eigenvalue weighted by Gasteiger charge is 2.31. The topological polar surface area (TPSA) is 59.1 Å². The number of piperidine rings is 1. The molecule has 2 heterocycles. The molecule has 4 rings (SSSR count). The van der Waals surface area contributed by atoms with Gasteiger partial charge in [0, 0.05) is 32.7 Å². The fraction of sp³-hybridized carbons (Fsp3) is 0.478. The van der Waals surface area contributed by atoms with Crippen LogP contribution in [0.4, 0.5) is 0 Å². The number of fused-ring (bicyclic) bond motifs is 1. The molecule has 1 fully saturated rings. The average Bonchev–Trinajstić information content (AvgIpc) is 2.78. The molecule has 2 aliphatic rings. The second kappa shape index (κ2) is 9.36. The van der Waals surface area contributed by atoms with E-state index in [9.17, 15) is 8.42 Å². The second-order valence-electron chi connectivity index (χ2n) is 8.24. The van der Waals surface area contributed by atoms with Gasteiger partial charge in [-0.25, -0.2) is 8.42 Å². The van der Waals surface area contributed by atoms with Gasteiger partial charge in [0.1, 0.15) is 4.90 Å². The Kier molecular flexibility index (Phi) is 6.77. The molecule has 0 aliphatic carbocycles. The summed E-state index contributed by atoms with van der Waals surface area (Å²) in [6, 6.07) is 10.8. The maximum Gasteiger partial charge on any atom is 0.244 e. The number of ether oxygens (including phenoxy) is 2. The Balaban J connectivity index is 1.36. The molecule has 0 spiro atoms. The van der Waals surface area contributed by atoms with Crippen molar-refractivity contribution in [2.45, 2.75) is 30.7 Å². The van der Waals surface area contributed by atoms with Gasteiger partial charge in [-0.1, -0.05) is 23.7 Å². The number of halogens is 1. The van der Waals surface area contributed by atoms with E-state index in [-0.39, 0.29) is 9.92 Å². The van der Waals surface area contributed by atoms with Crippen molar-refractivity contribution < 1.29 is 17.9 Å². The van der Waals surface area contributed by atoms with Crippen LogP contribution in [0.2, 0.25) is 5.02 Å². The van der Waals surface area contributed by atoms with Crippen LogP contribution in [0, 0.1) is 5.92 Å². The Morgan fingerprint density at radius 3 is 2.29 bits per heavy atom. The van der Waals surface area contributed by atoms with Crippen molar-refractivity contribution in [2.24, 2.45) is 5.92 Å². The molecule has 0 saturated carbocycles. The van der Waals surface area contributed by atoms with Gasteiger partial charge < -0.3 is 9.47 Å². The predicted molar refractivity (Wildman–Crippen MR) is 121 cm³/mol. The van der Waals surface area contributed by atoms with Gasteiger partial charge in [-0.15, -0.1) is 0 Å². The van der Waals surface area contributed by atoms with Crippen LogP contribution in [0.5, 0.6) is 11.5 Å². The first-order valence-corrected chi connectivity index (χ1v) is 12.4. The van der Waals surface area contributed by atoms with Crippen LogP contribution < -0.4 is 9.47 Å². The molecule has 8 heteroatoms. The molecule has 31 heavy (non-hydrogen) atoms. The average molecular weight is 465 g/mol. The van der Waals surface area contributed by atoms with E-state index in [2.05, 4.69) is 17.0 Å². The van der Waals surface area contributed by atoms with Crippen LogP contribution in [-0.4, -0.2) is 58.0 Å². The molecule has 6 nitrogen and oxygen atoms in total. The minimum Gasteiger partial charge on any atom is -0.493 e. The summed E-state index contributed by atoms with van der Waals surface area (Å²) in [6.45, 7) is 3.93. The molecule has 0 atom stereocenters. The van der Waals surface area contributed by atoms with Crippen LogP contribution in [0.3, 0.4) is 0 Å². The zero-order valence-electron chi connectivity index (χ0n) is 18.0. The van der Waals surface area contributed by atoms with Crippen LogP contribution in [0.1, 0.15) is 24.0 Å². The minimum absolute atomic E-state index is 0.201. The lowest BCUT2D eigenvalue weighted by Crippen LogP contribution is -2.42. The molecular formula is C23H29ClN2O4S. The van der Waals surface area contributed by atoms with Crippen molar-refractivity contribution in [3.8, 4) is 11.5 Å². The third kappa shape index (κ3) is 4.70. The van der Waals surface area contributed by atoms with E-state index in [4.69, 9.17) is 21.1 Å². The lowest BCUT2D eigenvalue weighted by Gasteiger charge is -2.36. The van der Waals surface area contributed by atoms with Crippen molar-refractivity contribution in [2.75, 3.05) is 40.4 Å². The van der Waals surface area contributed by atoms with Gasteiger partial charge in [0.15, 0.2) is 11.5 Å². The lowest BCUT2D eigenvalue weighted by molar-refractivity contribution is 0.171. The summed E-state index contributed by atoms with van der Waals surface area (Å²) in [5.74, 6) is 2.03. The van der Waals surface area contributed by atoms with Crippen molar-refractivity contribution in [1.29, 1.82) is 0 Å². The largest absolute Gasteiger partial charge is 0.493 e. The molecule has 0 radical (unpaired) electrons. The van der Waals surface area contributed by atoms with Crippen LogP contribution in [0.15, 0.2) is 41.3 Å². The molecule has 2 aromatic rings. The fourth-order valence-corrected chi connectivity index (χ4v) is 6.55. The molecule has 0 bridgehead atoms. The number of rotatable bonds is 6. The number of methoxy groups -OCH3 is 2. The van der Waals surface area contributed by atoms with Gasteiger partial charge in [0.2, 0.25) is 10.0 Å². The summed E-state index contributed by atoms with van der Waals surface area (Å²) in [6.07, 6.45) is 2.70. The Morgan fingerprint density at radius 2 is 1.65 bits per heavy atom. The predicted octanol–water partition coefficient (Wildman–Crippen LogP) is 3.82. The molecule has 0 unspecified atom stereocenters. The molecule has 0 amide bonds. The first-order chi connectivity index (χ1) is 14.9. The van der Waals surface area contributed by atoms with Gasteiger partial charge in [0.05, 0.1) is 19.2 Å². The van der Waals surface area contributed by atoms with E-state index >= 15 is 0 Å². The quantitative estimate of drug-likeness (QED) is 0.650. The standard InChI is InChI=1S/C23H29ClN2O4S/c1-29-21-13-18-9-10-25(16-19(18)14-22(21)30-2)15-17-7-11-26(12-8-17)31(27,28)23-6-4-3-5-20(23)24/h3-6,13-14,17H,7-12,15-16H2,1-2H3. The van der Waals surface area contributed by atoms with Crippen molar-refractivity contribution in [1.82, 2.24) is 9.21 Å². The number of hydrogen-bond acceptors (Lipinski definition) is 5. The minimum atomic E-state index is -3.54. The smallest absolute Gasteiger partial charge is 0.244 e. The maximum atomic E-state index is 13.0. The van der Waals surface area contributed by atoms with Crippen molar-refractivity contribution in [3.05, 3.63) is 52.5 Å². The summed E-state index contributed by atoms with van der Waals surface area (Å²) in [4.78, 5) is 2.67. The molecule has 0 aromatic heterocycles. The Morgan fingerprint density at radius 1 is 1.00 bits per heavy atom. The Hall–Kier alpha value is -1.80. The lowest BCUT2D eigenvalue weighted by atomic mass is 9.94. The van der Waals surface area contributed by atoms with Crippen molar-refractivity contribution in [3.63, 3.8) is 0 Å². The highest BCUT2D eigenvalue weighted by Crippen LogP contribution is 2.34. The summed E-state index contributed by atoms with van der Waals surface area (Å²) in [5.41, 5.74) is 2.59. The number of sulfonamides is 1. The van der Waals surface area contributed by atoms with E-state index in [1.807, 2.05) is 0 Å². The Labute approximate surface area is 189 Å². The molecule has 168 valence electrons. The first-order valence-electron chi connectivity index (χ1n) is 10.6. The molecule has 1 saturated heterocycles. The normalized spacial score (nSPS) is 18.5. The highest BCUT2D eigenvalue weighted by molar-refractivity contribution is 7.89. The molecule has 2 aliphatic heterocycles. The maximum absolute atomic E-state index is 13.0. The fourth-order valence-electron chi connectivity index (χ4n) is 4.59. The van der Waals surface area contributed by atoms with Crippen LogP contribution in [0.25, 0.3) is 0 Å². The third-order valence-corrected chi connectivity index (χ3v) is 8.74.